The van der Waals surface area contributed by atoms with Gasteiger partial charge in [-0.1, -0.05) is 0 Å². The lowest BCUT2D eigenvalue weighted by atomic mass is 10.2. The largest absolute Gasteiger partial charge is 0.508 e. The fraction of sp³-hybridized carbons (Fsp3) is 0.125. The van der Waals surface area contributed by atoms with Crippen molar-refractivity contribution in [2.24, 2.45) is 7.05 Å². The first-order valence-electron chi connectivity index (χ1n) is 3.38. The topological polar surface area (TPSA) is 38.0 Å². The van der Waals surface area contributed by atoms with Crippen molar-refractivity contribution in [1.82, 2.24) is 9.78 Å². The smallest absolute Gasteiger partial charge is 0.116 e. The van der Waals surface area contributed by atoms with Crippen molar-refractivity contribution >= 4 is 23.3 Å². The van der Waals surface area contributed by atoms with Gasteiger partial charge in [0, 0.05) is 12.4 Å². The number of rotatable bonds is 0. The number of aromatic nitrogens is 2. The maximum Gasteiger partial charge on any atom is 0.116 e. The molecular weight excluding hydrogens is 176 g/mol. The van der Waals surface area contributed by atoms with Gasteiger partial charge in [0.2, 0.25) is 0 Å². The quantitative estimate of drug-likeness (QED) is 0.677. The Hall–Kier alpha value is -1.22. The van der Waals surface area contributed by atoms with Gasteiger partial charge < -0.3 is 5.11 Å². The summed E-state index contributed by atoms with van der Waals surface area (Å²) >= 11 is 0. The number of hydrogen-bond acceptors (Lipinski definition) is 2. The van der Waals surface area contributed by atoms with Crippen molar-refractivity contribution in [1.29, 1.82) is 0 Å². The standard InChI is InChI=1S/C8H8N2O.ClH/c1-10-8-3-2-7(11)4-6(8)5-9-10;/h2-5,11H,1H3;1H. The van der Waals surface area contributed by atoms with E-state index in [0.29, 0.717) is 0 Å². The van der Waals surface area contributed by atoms with Gasteiger partial charge in [-0.15, -0.1) is 12.4 Å². The van der Waals surface area contributed by atoms with Crippen LogP contribution in [0, 0.1) is 0 Å². The van der Waals surface area contributed by atoms with Crippen LogP contribution in [0.1, 0.15) is 0 Å². The van der Waals surface area contributed by atoms with Crippen LogP contribution in [0.15, 0.2) is 24.4 Å². The highest BCUT2D eigenvalue weighted by atomic mass is 35.5. The molecule has 0 aliphatic carbocycles. The molecule has 0 aliphatic heterocycles. The second-order valence-corrected chi connectivity index (χ2v) is 2.51. The number of phenols is 1. The van der Waals surface area contributed by atoms with Crippen LogP contribution in [0.5, 0.6) is 5.75 Å². The van der Waals surface area contributed by atoms with Crippen LogP contribution in [0.4, 0.5) is 0 Å². The highest BCUT2D eigenvalue weighted by Crippen LogP contribution is 2.18. The molecule has 0 amide bonds. The lowest BCUT2D eigenvalue weighted by molar-refractivity contribution is 0.476. The Bertz CT molecular complexity index is 397. The summed E-state index contributed by atoms with van der Waals surface area (Å²) in [6, 6.07) is 5.20. The minimum atomic E-state index is 0. The van der Waals surface area contributed by atoms with Gasteiger partial charge in [-0.25, -0.2) is 0 Å². The third kappa shape index (κ3) is 1.23. The van der Waals surface area contributed by atoms with Gasteiger partial charge in [0.15, 0.2) is 0 Å². The summed E-state index contributed by atoms with van der Waals surface area (Å²) in [5.41, 5.74) is 1.03. The van der Waals surface area contributed by atoms with Crippen molar-refractivity contribution < 1.29 is 5.11 Å². The van der Waals surface area contributed by atoms with Crippen LogP contribution in [-0.4, -0.2) is 14.9 Å². The molecule has 2 rings (SSSR count). The van der Waals surface area contributed by atoms with Gasteiger partial charge in [-0.05, 0) is 18.2 Å². The maximum atomic E-state index is 9.10. The van der Waals surface area contributed by atoms with Crippen LogP contribution in [0.3, 0.4) is 0 Å². The molecule has 0 unspecified atom stereocenters. The van der Waals surface area contributed by atoms with Gasteiger partial charge in [0.05, 0.1) is 11.7 Å². The number of benzene rings is 1. The molecule has 0 fully saturated rings. The second kappa shape index (κ2) is 3.03. The first-order chi connectivity index (χ1) is 5.27. The zero-order valence-electron chi connectivity index (χ0n) is 6.56. The van der Waals surface area contributed by atoms with E-state index in [0.717, 1.165) is 10.9 Å². The van der Waals surface area contributed by atoms with Crippen molar-refractivity contribution in [3.8, 4) is 5.75 Å². The summed E-state index contributed by atoms with van der Waals surface area (Å²) in [5.74, 6) is 0.283. The Balaban J connectivity index is 0.000000720. The number of phenolic OH excluding ortho intramolecular Hbond substituents is 1. The van der Waals surface area contributed by atoms with Crippen LogP contribution >= 0.6 is 12.4 Å². The highest BCUT2D eigenvalue weighted by Gasteiger charge is 1.98. The SMILES string of the molecule is Cl.Cn1ncc2cc(O)ccc21. The van der Waals surface area contributed by atoms with Crippen molar-refractivity contribution in [3.63, 3.8) is 0 Å². The van der Waals surface area contributed by atoms with Crippen molar-refractivity contribution in [2.45, 2.75) is 0 Å². The summed E-state index contributed by atoms with van der Waals surface area (Å²) in [4.78, 5) is 0. The average molecular weight is 185 g/mol. The lowest BCUT2D eigenvalue weighted by Gasteiger charge is -1.93. The first kappa shape index (κ1) is 8.87. The summed E-state index contributed by atoms with van der Waals surface area (Å²) in [7, 11) is 1.87. The molecule has 0 radical (unpaired) electrons. The van der Waals surface area contributed by atoms with Crippen molar-refractivity contribution in [2.75, 3.05) is 0 Å². The van der Waals surface area contributed by atoms with E-state index >= 15 is 0 Å². The monoisotopic (exact) mass is 184 g/mol. The molecular formula is C8H9ClN2O. The van der Waals surface area contributed by atoms with E-state index in [9.17, 15) is 0 Å². The molecule has 1 heterocycles. The molecule has 0 spiro atoms. The van der Waals surface area contributed by atoms with E-state index in [2.05, 4.69) is 5.10 Å². The fourth-order valence-corrected chi connectivity index (χ4v) is 1.15. The third-order valence-electron chi connectivity index (χ3n) is 1.73. The van der Waals surface area contributed by atoms with E-state index in [4.69, 9.17) is 5.11 Å². The Morgan fingerprint density at radius 1 is 1.42 bits per heavy atom. The van der Waals surface area contributed by atoms with Crippen LogP contribution in [0.25, 0.3) is 10.9 Å². The third-order valence-corrected chi connectivity index (χ3v) is 1.73. The van der Waals surface area contributed by atoms with E-state index in [1.165, 1.54) is 0 Å². The molecule has 0 saturated heterocycles. The Kier molecular flexibility index (Phi) is 2.24. The summed E-state index contributed by atoms with van der Waals surface area (Å²) in [5, 5.41) is 14.1. The van der Waals surface area contributed by atoms with Crippen LogP contribution < -0.4 is 0 Å². The zero-order valence-corrected chi connectivity index (χ0v) is 7.38. The summed E-state index contributed by atoms with van der Waals surface area (Å²) in [6.45, 7) is 0. The number of fused-ring (bicyclic) bond motifs is 1. The van der Waals surface area contributed by atoms with E-state index in [-0.39, 0.29) is 18.2 Å². The molecule has 0 bridgehead atoms. The second-order valence-electron chi connectivity index (χ2n) is 2.51. The Labute approximate surface area is 76.0 Å². The number of aromatic hydroxyl groups is 1. The van der Waals surface area contributed by atoms with Crippen molar-refractivity contribution in [3.05, 3.63) is 24.4 Å². The first-order valence-corrected chi connectivity index (χ1v) is 3.38. The van der Waals surface area contributed by atoms with E-state index < -0.39 is 0 Å². The zero-order chi connectivity index (χ0) is 7.84. The molecule has 12 heavy (non-hydrogen) atoms. The highest BCUT2D eigenvalue weighted by molar-refractivity contribution is 5.85. The van der Waals surface area contributed by atoms with Gasteiger partial charge in [-0.3, -0.25) is 4.68 Å². The Morgan fingerprint density at radius 2 is 2.17 bits per heavy atom. The number of hydrogen-bond donors (Lipinski definition) is 1. The Morgan fingerprint density at radius 3 is 2.92 bits per heavy atom. The van der Waals surface area contributed by atoms with E-state index in [1.54, 1.807) is 23.0 Å². The molecule has 2 aromatic rings. The molecule has 64 valence electrons. The molecule has 0 saturated carbocycles. The van der Waals surface area contributed by atoms with Crippen LogP contribution in [0.2, 0.25) is 0 Å². The number of nitrogens with zero attached hydrogens (tertiary/aromatic N) is 2. The average Bonchev–Trinajstić information content (AvgIpc) is 2.32. The number of aryl methyl sites for hydroxylation is 1. The molecule has 1 N–H and O–H groups in total. The van der Waals surface area contributed by atoms with E-state index in [1.807, 2.05) is 13.1 Å². The predicted molar refractivity (Wildman–Crippen MR) is 49.6 cm³/mol. The van der Waals surface area contributed by atoms with Gasteiger partial charge >= 0.3 is 0 Å². The minimum Gasteiger partial charge on any atom is -0.508 e. The molecule has 4 heteroatoms. The van der Waals surface area contributed by atoms with Gasteiger partial charge in [0.25, 0.3) is 0 Å². The lowest BCUT2D eigenvalue weighted by Crippen LogP contribution is -1.87. The normalized spacial score (nSPS) is 9.75. The molecule has 1 aromatic carbocycles. The van der Waals surface area contributed by atoms with Crippen LogP contribution in [-0.2, 0) is 7.05 Å². The van der Waals surface area contributed by atoms with Gasteiger partial charge in [0.1, 0.15) is 5.75 Å². The molecule has 3 nitrogen and oxygen atoms in total. The number of halogens is 1. The summed E-state index contributed by atoms with van der Waals surface area (Å²) in [6.07, 6.45) is 1.73. The molecule has 1 aromatic heterocycles. The summed E-state index contributed by atoms with van der Waals surface area (Å²) < 4.78 is 1.77. The maximum absolute atomic E-state index is 9.10. The fourth-order valence-electron chi connectivity index (χ4n) is 1.15. The minimum absolute atomic E-state index is 0. The molecule has 0 atom stereocenters. The molecule has 0 aliphatic rings. The van der Waals surface area contributed by atoms with Gasteiger partial charge in [-0.2, -0.15) is 5.10 Å². The predicted octanol–water partition coefficient (Wildman–Crippen LogP) is 1.70.